The van der Waals surface area contributed by atoms with Crippen molar-refractivity contribution in [3.8, 4) is 0 Å². The molecule has 0 aliphatic heterocycles. The Bertz CT molecular complexity index is 548. The van der Waals surface area contributed by atoms with Crippen LogP contribution in [0.4, 0.5) is 4.39 Å². The summed E-state index contributed by atoms with van der Waals surface area (Å²) >= 11 is 0. The first-order chi connectivity index (χ1) is 8.60. The molecule has 1 aromatic heterocycles. The third-order valence-corrected chi connectivity index (χ3v) is 2.77. The Kier molecular flexibility index (Phi) is 3.72. The van der Waals surface area contributed by atoms with E-state index in [1.807, 2.05) is 27.0 Å². The summed E-state index contributed by atoms with van der Waals surface area (Å²) in [7, 11) is 1.87. The minimum atomic E-state index is -0.206. The molecular weight excluding hydrogens is 231 g/mol. The third-order valence-electron chi connectivity index (χ3n) is 2.77. The molecule has 0 aliphatic carbocycles. The maximum atomic E-state index is 13.8. The Balaban J connectivity index is 2.27. The summed E-state index contributed by atoms with van der Waals surface area (Å²) in [6, 6.07) is 5.15. The zero-order valence-electron chi connectivity index (χ0n) is 10.9. The molecule has 0 amide bonds. The van der Waals surface area contributed by atoms with Crippen LogP contribution >= 0.6 is 0 Å². The van der Waals surface area contributed by atoms with Gasteiger partial charge in [-0.05, 0) is 38.6 Å². The smallest absolute Gasteiger partial charge is 0.147 e. The lowest BCUT2D eigenvalue weighted by Crippen LogP contribution is -2.09. The van der Waals surface area contributed by atoms with E-state index in [1.54, 1.807) is 10.7 Å². The number of rotatable bonds is 4. The largest absolute Gasteiger partial charge is 0.316 e. The van der Waals surface area contributed by atoms with Crippen LogP contribution in [-0.4, -0.2) is 21.8 Å². The third kappa shape index (κ3) is 2.73. The molecule has 0 saturated heterocycles. The van der Waals surface area contributed by atoms with Crippen LogP contribution in [0, 0.1) is 19.7 Å². The van der Waals surface area contributed by atoms with Gasteiger partial charge in [0.05, 0.1) is 6.54 Å². The van der Waals surface area contributed by atoms with Crippen molar-refractivity contribution in [2.24, 2.45) is 0 Å². The Hall–Kier alpha value is -1.75. The van der Waals surface area contributed by atoms with E-state index in [0.29, 0.717) is 17.9 Å². The van der Waals surface area contributed by atoms with E-state index < -0.39 is 0 Å². The minimum Gasteiger partial charge on any atom is -0.316 e. The Morgan fingerprint density at radius 2 is 2.11 bits per heavy atom. The van der Waals surface area contributed by atoms with Crippen LogP contribution in [0.2, 0.25) is 0 Å². The van der Waals surface area contributed by atoms with Crippen molar-refractivity contribution in [3.05, 3.63) is 46.8 Å². The summed E-state index contributed by atoms with van der Waals surface area (Å²) < 4.78 is 15.5. The van der Waals surface area contributed by atoms with E-state index in [-0.39, 0.29) is 5.82 Å². The average Bonchev–Trinajstić information content (AvgIpc) is 2.62. The standard InChI is InChI=1S/C13H17FN4/c1-9-16-10(2)18(17-9)8-12-6-11(7-15-3)4-5-13(12)14/h4-6,15H,7-8H2,1-3H3. The lowest BCUT2D eigenvalue weighted by atomic mass is 10.1. The summed E-state index contributed by atoms with van der Waals surface area (Å²) in [5, 5.41) is 7.30. The summed E-state index contributed by atoms with van der Waals surface area (Å²) in [4.78, 5) is 4.21. The number of hydrogen-bond donors (Lipinski definition) is 1. The number of hydrogen-bond acceptors (Lipinski definition) is 3. The summed E-state index contributed by atoms with van der Waals surface area (Å²) in [6.07, 6.45) is 0. The monoisotopic (exact) mass is 248 g/mol. The van der Waals surface area contributed by atoms with Gasteiger partial charge in [0.2, 0.25) is 0 Å². The molecule has 0 spiro atoms. The first-order valence-corrected chi connectivity index (χ1v) is 5.90. The van der Waals surface area contributed by atoms with Crippen molar-refractivity contribution in [3.63, 3.8) is 0 Å². The topological polar surface area (TPSA) is 42.7 Å². The van der Waals surface area contributed by atoms with Gasteiger partial charge in [-0.2, -0.15) is 5.10 Å². The number of aryl methyl sites for hydroxylation is 2. The summed E-state index contributed by atoms with van der Waals surface area (Å²) in [5.41, 5.74) is 1.69. The highest BCUT2D eigenvalue weighted by atomic mass is 19.1. The first-order valence-electron chi connectivity index (χ1n) is 5.90. The molecule has 0 saturated carbocycles. The predicted molar refractivity (Wildman–Crippen MR) is 67.8 cm³/mol. The second kappa shape index (κ2) is 5.27. The molecule has 4 nitrogen and oxygen atoms in total. The van der Waals surface area contributed by atoms with Gasteiger partial charge in [0.25, 0.3) is 0 Å². The average molecular weight is 248 g/mol. The van der Waals surface area contributed by atoms with Crippen LogP contribution in [0.3, 0.4) is 0 Å². The molecule has 2 rings (SSSR count). The Morgan fingerprint density at radius 3 is 2.72 bits per heavy atom. The quantitative estimate of drug-likeness (QED) is 0.897. The predicted octanol–water partition coefficient (Wildman–Crippen LogP) is 1.80. The lowest BCUT2D eigenvalue weighted by molar-refractivity contribution is 0.576. The fraction of sp³-hybridized carbons (Fsp3) is 0.385. The van der Waals surface area contributed by atoms with Gasteiger partial charge in [0.15, 0.2) is 0 Å². The molecule has 0 bridgehead atoms. The minimum absolute atomic E-state index is 0.206. The number of nitrogens with one attached hydrogen (secondary N) is 1. The molecule has 0 fully saturated rings. The second-order valence-electron chi connectivity index (χ2n) is 4.32. The molecule has 0 radical (unpaired) electrons. The molecule has 1 aromatic carbocycles. The molecule has 1 N–H and O–H groups in total. The fourth-order valence-electron chi connectivity index (χ4n) is 1.94. The molecule has 96 valence electrons. The SMILES string of the molecule is CNCc1ccc(F)c(Cn2nc(C)nc2C)c1. The van der Waals surface area contributed by atoms with Gasteiger partial charge >= 0.3 is 0 Å². The highest BCUT2D eigenvalue weighted by Gasteiger charge is 2.08. The molecule has 0 aliphatic rings. The molecule has 1 heterocycles. The van der Waals surface area contributed by atoms with Crippen molar-refractivity contribution >= 4 is 0 Å². The van der Waals surface area contributed by atoms with Crippen LogP contribution < -0.4 is 5.32 Å². The van der Waals surface area contributed by atoms with Gasteiger partial charge in [-0.1, -0.05) is 6.07 Å². The number of nitrogens with zero attached hydrogens (tertiary/aromatic N) is 3. The van der Waals surface area contributed by atoms with Crippen LogP contribution in [0.15, 0.2) is 18.2 Å². The van der Waals surface area contributed by atoms with Crippen LogP contribution in [0.1, 0.15) is 22.8 Å². The van der Waals surface area contributed by atoms with Gasteiger partial charge in [-0.15, -0.1) is 0 Å². The molecule has 2 aromatic rings. The molecular formula is C13H17FN4. The molecule has 0 unspecified atom stereocenters. The van der Waals surface area contributed by atoms with Crippen molar-refractivity contribution in [1.29, 1.82) is 0 Å². The van der Waals surface area contributed by atoms with E-state index in [0.717, 1.165) is 17.9 Å². The maximum Gasteiger partial charge on any atom is 0.147 e. The molecule has 18 heavy (non-hydrogen) atoms. The fourth-order valence-corrected chi connectivity index (χ4v) is 1.94. The highest BCUT2D eigenvalue weighted by Crippen LogP contribution is 2.13. The number of halogens is 1. The van der Waals surface area contributed by atoms with Crippen LogP contribution in [0.5, 0.6) is 0 Å². The van der Waals surface area contributed by atoms with Crippen LogP contribution in [-0.2, 0) is 13.1 Å². The van der Waals surface area contributed by atoms with E-state index in [2.05, 4.69) is 15.4 Å². The zero-order chi connectivity index (χ0) is 13.1. The van der Waals surface area contributed by atoms with E-state index in [4.69, 9.17) is 0 Å². The van der Waals surface area contributed by atoms with Gasteiger partial charge in [0.1, 0.15) is 17.5 Å². The Labute approximate surface area is 106 Å². The highest BCUT2D eigenvalue weighted by molar-refractivity contribution is 5.25. The maximum absolute atomic E-state index is 13.8. The summed E-state index contributed by atoms with van der Waals surface area (Å²) in [6.45, 7) is 4.84. The zero-order valence-corrected chi connectivity index (χ0v) is 10.9. The number of benzene rings is 1. The number of aromatic nitrogens is 3. The van der Waals surface area contributed by atoms with Gasteiger partial charge in [-0.25, -0.2) is 14.1 Å². The van der Waals surface area contributed by atoms with E-state index in [1.165, 1.54) is 6.07 Å². The van der Waals surface area contributed by atoms with Crippen molar-refractivity contribution in [2.45, 2.75) is 26.9 Å². The van der Waals surface area contributed by atoms with Gasteiger partial charge in [-0.3, -0.25) is 0 Å². The van der Waals surface area contributed by atoms with Crippen molar-refractivity contribution < 1.29 is 4.39 Å². The summed E-state index contributed by atoms with van der Waals surface area (Å²) in [5.74, 6) is 1.30. The van der Waals surface area contributed by atoms with Crippen molar-refractivity contribution in [1.82, 2.24) is 20.1 Å². The van der Waals surface area contributed by atoms with E-state index >= 15 is 0 Å². The van der Waals surface area contributed by atoms with Crippen molar-refractivity contribution in [2.75, 3.05) is 7.05 Å². The van der Waals surface area contributed by atoms with Gasteiger partial charge < -0.3 is 5.32 Å². The van der Waals surface area contributed by atoms with Gasteiger partial charge in [0, 0.05) is 12.1 Å². The van der Waals surface area contributed by atoms with Crippen LogP contribution in [0.25, 0.3) is 0 Å². The lowest BCUT2D eigenvalue weighted by Gasteiger charge is -2.07. The first kappa shape index (κ1) is 12.7. The molecule has 0 atom stereocenters. The normalized spacial score (nSPS) is 10.9. The second-order valence-corrected chi connectivity index (χ2v) is 4.32. The Morgan fingerprint density at radius 1 is 1.33 bits per heavy atom. The van der Waals surface area contributed by atoms with E-state index in [9.17, 15) is 4.39 Å². The molecule has 5 heteroatoms.